The largest absolute Gasteiger partial charge is 0.416 e. The lowest BCUT2D eigenvalue weighted by Gasteiger charge is -2.18. The molecule has 4 aromatic rings. The summed E-state index contributed by atoms with van der Waals surface area (Å²) in [5.41, 5.74) is 1.51. The minimum absolute atomic E-state index is 0.266. The fourth-order valence-electron chi connectivity index (χ4n) is 3.43. The third-order valence-corrected chi connectivity index (χ3v) is 5.03. The second-order valence-electron chi connectivity index (χ2n) is 7.29. The van der Waals surface area contributed by atoms with Crippen LogP contribution < -0.4 is 0 Å². The van der Waals surface area contributed by atoms with Crippen molar-refractivity contribution in [2.75, 3.05) is 7.05 Å². The van der Waals surface area contributed by atoms with E-state index >= 15 is 0 Å². The van der Waals surface area contributed by atoms with Gasteiger partial charge in [-0.05, 0) is 23.8 Å². The number of benzene rings is 2. The number of nitrogens with zero attached hydrogens (tertiary/aromatic N) is 4. The lowest BCUT2D eigenvalue weighted by molar-refractivity contribution is -0.137. The van der Waals surface area contributed by atoms with Gasteiger partial charge in [0.15, 0.2) is 5.65 Å². The highest BCUT2D eigenvalue weighted by Crippen LogP contribution is 2.33. The van der Waals surface area contributed by atoms with Crippen molar-refractivity contribution in [3.05, 3.63) is 83.6 Å². The van der Waals surface area contributed by atoms with Gasteiger partial charge in [0, 0.05) is 26.2 Å². The van der Waals surface area contributed by atoms with Crippen molar-refractivity contribution in [1.29, 1.82) is 0 Å². The predicted octanol–water partition coefficient (Wildman–Crippen LogP) is 4.93. The standard InChI is InChI=1S/C23H19F3N4O/c1-29(14-15-7-4-3-5-8-15)22(31)18-12-20(28-21-19(18)13-27-30(21)2)16-9-6-10-17(11-16)23(24,25)26/h3-13H,14H2,1-2H3. The number of carbonyl (C=O) groups is 1. The van der Waals surface area contributed by atoms with Crippen molar-refractivity contribution in [2.24, 2.45) is 7.05 Å². The number of aryl methyl sites for hydroxylation is 1. The highest BCUT2D eigenvalue weighted by Gasteiger charge is 2.30. The van der Waals surface area contributed by atoms with E-state index in [1.165, 1.54) is 16.8 Å². The SMILES string of the molecule is CN(Cc1ccccc1)C(=O)c1cc(-c2cccc(C(F)(F)F)c2)nc2c1cnn2C. The molecule has 31 heavy (non-hydrogen) atoms. The summed E-state index contributed by atoms with van der Waals surface area (Å²) < 4.78 is 41.0. The summed E-state index contributed by atoms with van der Waals surface area (Å²) in [7, 11) is 3.36. The van der Waals surface area contributed by atoms with Crippen molar-refractivity contribution in [3.63, 3.8) is 0 Å². The Morgan fingerprint density at radius 2 is 1.81 bits per heavy atom. The Balaban J connectivity index is 1.78. The molecule has 0 aliphatic carbocycles. The van der Waals surface area contributed by atoms with Gasteiger partial charge in [-0.3, -0.25) is 9.48 Å². The fraction of sp³-hybridized carbons (Fsp3) is 0.174. The molecule has 0 aliphatic rings. The number of hydrogen-bond acceptors (Lipinski definition) is 3. The van der Waals surface area contributed by atoms with Crippen molar-refractivity contribution >= 4 is 16.9 Å². The third-order valence-electron chi connectivity index (χ3n) is 5.03. The van der Waals surface area contributed by atoms with E-state index in [1.54, 1.807) is 31.3 Å². The van der Waals surface area contributed by atoms with Crippen molar-refractivity contribution < 1.29 is 18.0 Å². The molecule has 2 aromatic heterocycles. The minimum atomic E-state index is -4.47. The summed E-state index contributed by atoms with van der Waals surface area (Å²) in [6.07, 6.45) is -2.93. The van der Waals surface area contributed by atoms with Gasteiger partial charge in [0.2, 0.25) is 0 Å². The summed E-state index contributed by atoms with van der Waals surface area (Å²) in [4.78, 5) is 19.3. The summed E-state index contributed by atoms with van der Waals surface area (Å²) in [5.74, 6) is -0.266. The molecule has 0 bridgehead atoms. The van der Waals surface area contributed by atoms with Crippen LogP contribution in [0, 0.1) is 0 Å². The van der Waals surface area contributed by atoms with Crippen LogP contribution >= 0.6 is 0 Å². The molecule has 2 heterocycles. The zero-order chi connectivity index (χ0) is 22.2. The first-order chi connectivity index (χ1) is 14.7. The molecule has 158 valence electrons. The van der Waals surface area contributed by atoms with Crippen molar-refractivity contribution in [3.8, 4) is 11.3 Å². The average molecular weight is 424 g/mol. The Kier molecular flexibility index (Phi) is 5.22. The normalized spacial score (nSPS) is 11.6. The third kappa shape index (κ3) is 4.14. The number of pyridine rings is 1. The maximum absolute atomic E-state index is 13.3. The Bertz CT molecular complexity index is 1250. The molecular formula is C23H19F3N4O. The van der Waals surface area contributed by atoms with Gasteiger partial charge in [-0.25, -0.2) is 4.98 Å². The maximum Gasteiger partial charge on any atom is 0.416 e. The van der Waals surface area contributed by atoms with E-state index in [1.807, 2.05) is 30.3 Å². The number of fused-ring (bicyclic) bond motifs is 1. The molecule has 0 saturated carbocycles. The first-order valence-corrected chi connectivity index (χ1v) is 9.54. The van der Waals surface area contributed by atoms with Crippen LogP contribution in [0.3, 0.4) is 0 Å². The lowest BCUT2D eigenvalue weighted by Crippen LogP contribution is -2.26. The van der Waals surface area contributed by atoms with Crippen molar-refractivity contribution in [2.45, 2.75) is 12.7 Å². The Morgan fingerprint density at radius 3 is 2.52 bits per heavy atom. The lowest BCUT2D eigenvalue weighted by atomic mass is 10.0. The van der Waals surface area contributed by atoms with Gasteiger partial charge >= 0.3 is 6.18 Å². The van der Waals surface area contributed by atoms with E-state index in [0.717, 1.165) is 17.7 Å². The van der Waals surface area contributed by atoms with E-state index < -0.39 is 11.7 Å². The van der Waals surface area contributed by atoms with Gasteiger partial charge in [0.05, 0.1) is 28.4 Å². The second-order valence-corrected chi connectivity index (χ2v) is 7.29. The topological polar surface area (TPSA) is 51.0 Å². The molecule has 0 atom stereocenters. The van der Waals surface area contributed by atoms with E-state index in [0.29, 0.717) is 23.1 Å². The van der Waals surface area contributed by atoms with Gasteiger partial charge in [-0.1, -0.05) is 42.5 Å². The van der Waals surface area contributed by atoms with Gasteiger partial charge in [0.25, 0.3) is 5.91 Å². The van der Waals surface area contributed by atoms with E-state index in [2.05, 4.69) is 10.1 Å². The Morgan fingerprint density at radius 1 is 1.06 bits per heavy atom. The molecule has 5 nitrogen and oxygen atoms in total. The van der Waals surface area contributed by atoms with Gasteiger partial charge < -0.3 is 4.90 Å². The number of carbonyl (C=O) groups excluding carboxylic acids is 1. The quantitative estimate of drug-likeness (QED) is 0.467. The molecule has 8 heteroatoms. The fourth-order valence-corrected chi connectivity index (χ4v) is 3.43. The van der Waals surface area contributed by atoms with Crippen LogP contribution in [-0.2, 0) is 19.8 Å². The van der Waals surface area contributed by atoms with Crippen molar-refractivity contribution in [1.82, 2.24) is 19.7 Å². The van der Waals surface area contributed by atoms with E-state index in [-0.39, 0.29) is 17.2 Å². The second kappa shape index (κ2) is 7.86. The monoisotopic (exact) mass is 424 g/mol. The molecule has 0 spiro atoms. The number of aromatic nitrogens is 3. The maximum atomic E-state index is 13.3. The average Bonchev–Trinajstić information content (AvgIpc) is 3.13. The van der Waals surface area contributed by atoms with Crippen LogP contribution in [0.4, 0.5) is 13.2 Å². The molecule has 1 amide bonds. The summed E-state index contributed by atoms with van der Waals surface area (Å²) >= 11 is 0. The van der Waals surface area contributed by atoms with Gasteiger partial charge in [0.1, 0.15) is 0 Å². The van der Waals surface area contributed by atoms with E-state index in [9.17, 15) is 18.0 Å². The van der Waals surface area contributed by atoms with Crippen LogP contribution in [0.15, 0.2) is 66.9 Å². The Hall–Kier alpha value is -3.68. The summed E-state index contributed by atoms with van der Waals surface area (Å²) in [6, 6.07) is 16.0. The number of amides is 1. The molecule has 0 saturated heterocycles. The van der Waals surface area contributed by atoms with Crippen LogP contribution in [0.25, 0.3) is 22.3 Å². The molecular weight excluding hydrogens is 405 g/mol. The zero-order valence-electron chi connectivity index (χ0n) is 16.9. The first kappa shape index (κ1) is 20.6. The molecule has 0 fully saturated rings. The number of rotatable bonds is 4. The van der Waals surface area contributed by atoms with Crippen LogP contribution in [0.1, 0.15) is 21.5 Å². The summed E-state index contributed by atoms with van der Waals surface area (Å²) in [5, 5.41) is 4.72. The summed E-state index contributed by atoms with van der Waals surface area (Å²) in [6.45, 7) is 0.392. The molecule has 2 aromatic carbocycles. The van der Waals surface area contributed by atoms with Crippen LogP contribution in [0.2, 0.25) is 0 Å². The number of hydrogen-bond donors (Lipinski definition) is 0. The number of alkyl halides is 3. The molecule has 0 unspecified atom stereocenters. The predicted molar refractivity (Wildman–Crippen MR) is 111 cm³/mol. The highest BCUT2D eigenvalue weighted by atomic mass is 19.4. The van der Waals surface area contributed by atoms with Gasteiger partial charge in [-0.2, -0.15) is 18.3 Å². The highest BCUT2D eigenvalue weighted by molar-refractivity contribution is 6.06. The molecule has 0 aliphatic heterocycles. The number of halogens is 3. The van der Waals surface area contributed by atoms with Gasteiger partial charge in [-0.15, -0.1) is 0 Å². The molecule has 0 N–H and O–H groups in total. The smallest absolute Gasteiger partial charge is 0.337 e. The van der Waals surface area contributed by atoms with E-state index in [4.69, 9.17) is 0 Å². The van der Waals surface area contributed by atoms with Crippen LogP contribution in [0.5, 0.6) is 0 Å². The zero-order valence-corrected chi connectivity index (χ0v) is 16.9. The minimum Gasteiger partial charge on any atom is -0.337 e. The first-order valence-electron chi connectivity index (χ1n) is 9.54. The molecule has 4 rings (SSSR count). The molecule has 0 radical (unpaired) electrons. The Labute approximate surface area is 176 Å². The van der Waals surface area contributed by atoms with Crippen LogP contribution in [-0.4, -0.2) is 32.6 Å².